The summed E-state index contributed by atoms with van der Waals surface area (Å²) in [6.07, 6.45) is 1.95. The number of aromatic hydroxyl groups is 1. The average molecular weight is 191 g/mol. The highest BCUT2D eigenvalue weighted by molar-refractivity contribution is 5.85. The molecule has 2 N–H and O–H groups in total. The molecule has 2 aromatic rings. The van der Waals surface area contributed by atoms with Crippen LogP contribution in [-0.4, -0.2) is 10.1 Å². The third-order valence-electron chi connectivity index (χ3n) is 2.21. The molecule has 0 fully saturated rings. The summed E-state index contributed by atoms with van der Waals surface area (Å²) >= 11 is 0. The fraction of sp³-hybridized carbons (Fsp3) is 0.333. The highest BCUT2D eigenvalue weighted by atomic mass is 16.3. The van der Waals surface area contributed by atoms with E-state index in [1.54, 1.807) is 6.07 Å². The number of aromatic nitrogens is 1. The first-order valence-electron chi connectivity index (χ1n) is 4.96. The van der Waals surface area contributed by atoms with Gasteiger partial charge in [-0.3, -0.25) is 0 Å². The molecular weight excluding hydrogens is 174 g/mol. The largest absolute Gasteiger partial charge is 0.508 e. The molecule has 0 aliphatic heterocycles. The summed E-state index contributed by atoms with van der Waals surface area (Å²) in [5.74, 6) is 0.366. The molecule has 1 aromatic heterocycles. The second kappa shape index (κ2) is 4.18. The highest BCUT2D eigenvalue weighted by Gasteiger charge is 2.02. The molecule has 0 saturated carbocycles. The number of hydrogen-bond acceptors (Lipinski definition) is 1. The van der Waals surface area contributed by atoms with Crippen LogP contribution < -0.4 is 0 Å². The van der Waals surface area contributed by atoms with E-state index in [2.05, 4.69) is 4.98 Å². The van der Waals surface area contributed by atoms with E-state index >= 15 is 0 Å². The van der Waals surface area contributed by atoms with Gasteiger partial charge in [-0.1, -0.05) is 13.8 Å². The Kier molecular flexibility index (Phi) is 3.18. The van der Waals surface area contributed by atoms with Crippen molar-refractivity contribution in [1.82, 2.24) is 4.98 Å². The Balaban J connectivity index is 0.000000461. The first-order valence-corrected chi connectivity index (χ1v) is 4.96. The number of H-pyrrole nitrogens is 1. The minimum absolute atomic E-state index is 0.366. The zero-order valence-corrected chi connectivity index (χ0v) is 9.18. The molecule has 2 rings (SSSR count). The number of fused-ring (bicyclic) bond motifs is 1. The van der Waals surface area contributed by atoms with Gasteiger partial charge in [0.1, 0.15) is 5.75 Å². The van der Waals surface area contributed by atoms with E-state index in [-0.39, 0.29) is 0 Å². The Morgan fingerprint density at radius 1 is 1.07 bits per heavy atom. The molecule has 76 valence electrons. The molecule has 0 aliphatic rings. The molecule has 1 heterocycles. The first kappa shape index (κ1) is 10.6. The molecule has 0 atom stereocenters. The Bertz CT molecular complexity index is 429. The summed E-state index contributed by atoms with van der Waals surface area (Å²) in [7, 11) is 0. The number of phenols is 1. The van der Waals surface area contributed by atoms with E-state index in [9.17, 15) is 5.11 Å². The molecule has 14 heavy (non-hydrogen) atoms. The van der Waals surface area contributed by atoms with Crippen LogP contribution in [-0.2, 0) is 0 Å². The smallest absolute Gasteiger partial charge is 0.119 e. The van der Waals surface area contributed by atoms with Gasteiger partial charge in [-0.25, -0.2) is 0 Å². The van der Waals surface area contributed by atoms with Crippen molar-refractivity contribution < 1.29 is 5.11 Å². The van der Waals surface area contributed by atoms with Gasteiger partial charge in [0.2, 0.25) is 0 Å². The predicted octanol–water partition coefficient (Wildman–Crippen LogP) is 3.52. The minimum atomic E-state index is 0.366. The lowest BCUT2D eigenvalue weighted by Crippen LogP contribution is -1.75. The van der Waals surface area contributed by atoms with Gasteiger partial charge in [0.05, 0.1) is 0 Å². The number of phenolic OH excluding ortho intramolecular Hbond substituents is 1. The van der Waals surface area contributed by atoms with Crippen LogP contribution in [0.2, 0.25) is 0 Å². The van der Waals surface area contributed by atoms with Crippen molar-refractivity contribution in [2.45, 2.75) is 27.7 Å². The average Bonchev–Trinajstić information content (AvgIpc) is 2.53. The van der Waals surface area contributed by atoms with Gasteiger partial charge in [-0.05, 0) is 37.1 Å². The predicted molar refractivity (Wildman–Crippen MR) is 60.8 cm³/mol. The molecule has 0 amide bonds. The van der Waals surface area contributed by atoms with E-state index in [0.29, 0.717) is 5.75 Å². The van der Waals surface area contributed by atoms with E-state index in [4.69, 9.17) is 0 Å². The summed E-state index contributed by atoms with van der Waals surface area (Å²) in [5.41, 5.74) is 3.16. The second-order valence-corrected chi connectivity index (χ2v) is 3.16. The number of aryl methyl sites for hydroxylation is 2. The molecule has 1 aromatic carbocycles. The summed E-state index contributed by atoms with van der Waals surface area (Å²) in [5, 5.41) is 10.5. The number of nitrogens with one attached hydrogen (secondary N) is 1. The van der Waals surface area contributed by atoms with Crippen molar-refractivity contribution in [2.24, 2.45) is 0 Å². The van der Waals surface area contributed by atoms with Crippen molar-refractivity contribution in [1.29, 1.82) is 0 Å². The molecule has 0 bridgehead atoms. The number of rotatable bonds is 0. The molecule has 2 nitrogen and oxygen atoms in total. The van der Waals surface area contributed by atoms with Crippen LogP contribution in [0.15, 0.2) is 18.3 Å². The maximum absolute atomic E-state index is 9.45. The Morgan fingerprint density at radius 2 is 1.71 bits per heavy atom. The quantitative estimate of drug-likeness (QED) is 0.656. The Morgan fingerprint density at radius 3 is 2.36 bits per heavy atom. The van der Waals surface area contributed by atoms with Crippen LogP contribution >= 0.6 is 0 Å². The highest BCUT2D eigenvalue weighted by Crippen LogP contribution is 2.25. The third kappa shape index (κ3) is 1.74. The molecule has 0 radical (unpaired) electrons. The Hall–Kier alpha value is -1.44. The molecular formula is C12H17NO. The summed E-state index contributed by atoms with van der Waals surface area (Å²) < 4.78 is 0. The third-order valence-corrected chi connectivity index (χ3v) is 2.21. The van der Waals surface area contributed by atoms with E-state index in [0.717, 1.165) is 16.5 Å². The maximum Gasteiger partial charge on any atom is 0.119 e. The monoisotopic (exact) mass is 191 g/mol. The standard InChI is InChI=1S/C10H11NO.C2H6/c1-6-3-9-8(4-10(6)12)7(2)5-11-9;1-2/h3-5,11-12H,1-2H3;1-2H3. The number of aromatic amines is 1. The second-order valence-electron chi connectivity index (χ2n) is 3.16. The topological polar surface area (TPSA) is 36.0 Å². The van der Waals surface area contributed by atoms with Gasteiger partial charge in [-0.15, -0.1) is 0 Å². The first-order chi connectivity index (χ1) is 6.68. The summed E-state index contributed by atoms with van der Waals surface area (Å²) in [6.45, 7) is 7.92. The lowest BCUT2D eigenvalue weighted by Gasteiger charge is -1.98. The van der Waals surface area contributed by atoms with E-state index in [1.807, 2.05) is 40.0 Å². The van der Waals surface area contributed by atoms with Gasteiger partial charge in [-0.2, -0.15) is 0 Å². The van der Waals surface area contributed by atoms with Crippen LogP contribution in [0.25, 0.3) is 10.9 Å². The summed E-state index contributed by atoms with van der Waals surface area (Å²) in [6, 6.07) is 3.76. The molecule has 0 aliphatic carbocycles. The van der Waals surface area contributed by atoms with Gasteiger partial charge in [0.25, 0.3) is 0 Å². The van der Waals surface area contributed by atoms with Crippen LogP contribution in [0.4, 0.5) is 0 Å². The molecule has 0 saturated heterocycles. The van der Waals surface area contributed by atoms with Crippen LogP contribution in [0, 0.1) is 13.8 Å². The normalized spacial score (nSPS) is 9.71. The zero-order valence-electron chi connectivity index (χ0n) is 9.18. The van der Waals surface area contributed by atoms with Crippen molar-refractivity contribution >= 4 is 10.9 Å². The maximum atomic E-state index is 9.45. The van der Waals surface area contributed by atoms with Crippen molar-refractivity contribution in [3.8, 4) is 5.75 Å². The van der Waals surface area contributed by atoms with E-state index in [1.165, 1.54) is 5.56 Å². The van der Waals surface area contributed by atoms with Gasteiger partial charge >= 0.3 is 0 Å². The molecule has 2 heteroatoms. The molecule has 0 unspecified atom stereocenters. The van der Waals surface area contributed by atoms with Crippen LogP contribution in [0.5, 0.6) is 5.75 Å². The van der Waals surface area contributed by atoms with Crippen LogP contribution in [0.1, 0.15) is 25.0 Å². The minimum Gasteiger partial charge on any atom is -0.508 e. The van der Waals surface area contributed by atoms with Gasteiger partial charge in [0.15, 0.2) is 0 Å². The fourth-order valence-corrected chi connectivity index (χ4v) is 1.41. The van der Waals surface area contributed by atoms with Crippen molar-refractivity contribution in [2.75, 3.05) is 0 Å². The number of hydrogen-bond donors (Lipinski definition) is 2. The summed E-state index contributed by atoms with van der Waals surface area (Å²) in [4.78, 5) is 3.14. The lowest BCUT2D eigenvalue weighted by atomic mass is 10.1. The van der Waals surface area contributed by atoms with E-state index < -0.39 is 0 Å². The van der Waals surface area contributed by atoms with Crippen molar-refractivity contribution in [3.63, 3.8) is 0 Å². The SMILES string of the molecule is CC.Cc1cc2[nH]cc(C)c2cc1O. The lowest BCUT2D eigenvalue weighted by molar-refractivity contribution is 0.472. The fourth-order valence-electron chi connectivity index (χ4n) is 1.41. The van der Waals surface area contributed by atoms with Crippen molar-refractivity contribution in [3.05, 3.63) is 29.5 Å². The number of benzene rings is 1. The zero-order chi connectivity index (χ0) is 10.7. The van der Waals surface area contributed by atoms with Crippen LogP contribution in [0.3, 0.4) is 0 Å². The van der Waals surface area contributed by atoms with Gasteiger partial charge in [0, 0.05) is 17.1 Å². The van der Waals surface area contributed by atoms with Gasteiger partial charge < -0.3 is 10.1 Å². The molecule has 0 spiro atoms. The Labute approximate surface area is 84.6 Å².